The fraction of sp³-hybridized carbons (Fsp3) is 0.0455. The Balaban J connectivity index is 1.68. The van der Waals surface area contributed by atoms with Crippen LogP contribution in [0.4, 0.5) is 5.69 Å². The molecule has 152 valence electrons. The molecule has 1 aromatic heterocycles. The summed E-state index contributed by atoms with van der Waals surface area (Å²) < 4.78 is 30.5. The lowest BCUT2D eigenvalue weighted by molar-refractivity contribution is -0.124. The van der Waals surface area contributed by atoms with Gasteiger partial charge in [0.05, 0.1) is 4.90 Å². The highest BCUT2D eigenvalue weighted by molar-refractivity contribution is 7.92. The molecule has 7 nitrogen and oxygen atoms in total. The predicted octanol–water partition coefficient (Wildman–Crippen LogP) is 3.65. The minimum atomic E-state index is -3.84. The zero-order valence-corrected chi connectivity index (χ0v) is 16.8. The van der Waals surface area contributed by atoms with Crippen LogP contribution in [-0.2, 0) is 21.9 Å². The van der Waals surface area contributed by atoms with Crippen molar-refractivity contribution in [3.8, 4) is 0 Å². The van der Waals surface area contributed by atoms with E-state index in [0.717, 1.165) is 27.9 Å². The third-order valence-corrected chi connectivity index (χ3v) is 6.25. The molecule has 1 heterocycles. The highest BCUT2D eigenvalue weighted by Gasteiger charge is 2.16. The second-order valence-corrected chi connectivity index (χ2v) is 8.48. The molecular formula is C22H19N3O4S. The summed E-state index contributed by atoms with van der Waals surface area (Å²) in [7, 11) is -1.86. The number of para-hydroxylation sites is 1. The smallest absolute Gasteiger partial charge is 0.267 e. The lowest BCUT2D eigenvalue weighted by atomic mass is 10.1. The third kappa shape index (κ3) is 3.66. The van der Waals surface area contributed by atoms with Crippen molar-refractivity contribution in [1.29, 1.82) is 0 Å². The summed E-state index contributed by atoms with van der Waals surface area (Å²) in [5.41, 5.74) is 4.52. The number of aryl methyl sites for hydroxylation is 1. The van der Waals surface area contributed by atoms with Crippen molar-refractivity contribution in [3.63, 3.8) is 0 Å². The average Bonchev–Trinajstić information content (AvgIpc) is 3.04. The van der Waals surface area contributed by atoms with Gasteiger partial charge in [0.15, 0.2) is 0 Å². The fourth-order valence-electron chi connectivity index (χ4n) is 3.44. The van der Waals surface area contributed by atoms with Gasteiger partial charge in [-0.1, -0.05) is 30.3 Å². The molecule has 8 heteroatoms. The van der Waals surface area contributed by atoms with Crippen LogP contribution in [0.3, 0.4) is 0 Å². The molecule has 4 aromatic rings. The van der Waals surface area contributed by atoms with Gasteiger partial charge in [0.2, 0.25) is 0 Å². The number of hydrogen-bond donors (Lipinski definition) is 3. The highest BCUT2D eigenvalue weighted by Crippen LogP contribution is 2.30. The summed E-state index contributed by atoms with van der Waals surface area (Å²) in [6.07, 6.45) is 2.51. The highest BCUT2D eigenvalue weighted by atomic mass is 32.2. The molecular weight excluding hydrogens is 402 g/mol. The van der Waals surface area contributed by atoms with Crippen molar-refractivity contribution in [3.05, 3.63) is 78.4 Å². The van der Waals surface area contributed by atoms with Crippen molar-refractivity contribution in [1.82, 2.24) is 10.0 Å². The number of anilines is 1. The fourth-order valence-corrected chi connectivity index (χ4v) is 4.54. The molecule has 0 unspecified atom stereocenters. The number of rotatable bonds is 5. The van der Waals surface area contributed by atoms with Gasteiger partial charge < -0.3 is 4.57 Å². The SMILES string of the molecule is Cn1c2ccccc2c2cc(NS(=O)(=O)c3cccc(/C=C/C(=O)NO)c3)ccc21. The van der Waals surface area contributed by atoms with E-state index < -0.39 is 15.9 Å². The van der Waals surface area contributed by atoms with E-state index >= 15 is 0 Å². The van der Waals surface area contributed by atoms with Gasteiger partial charge in [-0.2, -0.15) is 0 Å². The molecule has 0 spiro atoms. The Hall–Kier alpha value is -3.62. The number of sulfonamides is 1. The van der Waals surface area contributed by atoms with E-state index in [1.807, 2.05) is 43.4 Å². The van der Waals surface area contributed by atoms with Crippen molar-refractivity contribution in [2.75, 3.05) is 4.72 Å². The molecule has 0 radical (unpaired) electrons. The minimum absolute atomic E-state index is 0.0621. The summed E-state index contributed by atoms with van der Waals surface area (Å²) in [5.74, 6) is -0.704. The molecule has 0 bridgehead atoms. The number of benzene rings is 3. The molecule has 3 aromatic carbocycles. The lowest BCUT2D eigenvalue weighted by Crippen LogP contribution is -2.15. The van der Waals surface area contributed by atoms with Crippen molar-refractivity contribution < 1.29 is 18.4 Å². The van der Waals surface area contributed by atoms with Crippen LogP contribution in [-0.4, -0.2) is 24.1 Å². The Kier molecular flexibility index (Phi) is 5.03. The lowest BCUT2D eigenvalue weighted by Gasteiger charge is -2.09. The molecule has 0 aliphatic heterocycles. The number of fused-ring (bicyclic) bond motifs is 3. The molecule has 0 atom stereocenters. The molecule has 0 saturated heterocycles. The van der Waals surface area contributed by atoms with Crippen molar-refractivity contribution in [2.45, 2.75) is 4.90 Å². The van der Waals surface area contributed by atoms with Gasteiger partial charge in [0, 0.05) is 40.6 Å². The predicted molar refractivity (Wildman–Crippen MR) is 117 cm³/mol. The molecule has 0 aliphatic carbocycles. The summed E-state index contributed by atoms with van der Waals surface area (Å²) in [4.78, 5) is 11.2. The summed E-state index contributed by atoms with van der Waals surface area (Å²) in [6, 6.07) is 19.6. The van der Waals surface area contributed by atoms with Gasteiger partial charge in [-0.15, -0.1) is 0 Å². The Morgan fingerprint density at radius 3 is 2.53 bits per heavy atom. The van der Waals surface area contributed by atoms with Crippen LogP contribution in [0, 0.1) is 0 Å². The first kappa shape index (κ1) is 19.7. The van der Waals surface area contributed by atoms with Gasteiger partial charge in [0.1, 0.15) is 0 Å². The quantitative estimate of drug-likeness (QED) is 0.260. The van der Waals surface area contributed by atoms with E-state index in [4.69, 9.17) is 5.21 Å². The summed E-state index contributed by atoms with van der Waals surface area (Å²) >= 11 is 0. The number of hydrogen-bond acceptors (Lipinski definition) is 4. The zero-order valence-electron chi connectivity index (χ0n) is 16.0. The van der Waals surface area contributed by atoms with E-state index in [9.17, 15) is 13.2 Å². The number of carbonyl (C=O) groups is 1. The second kappa shape index (κ2) is 7.66. The summed E-state index contributed by atoms with van der Waals surface area (Å²) in [6.45, 7) is 0. The number of nitrogens with zero attached hydrogens (tertiary/aromatic N) is 1. The Labute approximate surface area is 173 Å². The second-order valence-electron chi connectivity index (χ2n) is 6.80. The van der Waals surface area contributed by atoms with E-state index in [-0.39, 0.29) is 4.90 Å². The van der Waals surface area contributed by atoms with Gasteiger partial charge in [-0.25, -0.2) is 13.9 Å². The van der Waals surface area contributed by atoms with Gasteiger partial charge in [-0.3, -0.25) is 14.7 Å². The minimum Gasteiger partial charge on any atom is -0.344 e. The van der Waals surface area contributed by atoms with E-state index in [1.165, 1.54) is 23.7 Å². The molecule has 0 aliphatic rings. The first-order chi connectivity index (χ1) is 14.4. The van der Waals surface area contributed by atoms with Crippen LogP contribution >= 0.6 is 0 Å². The Bertz CT molecular complexity index is 1400. The Morgan fingerprint density at radius 2 is 1.73 bits per heavy atom. The van der Waals surface area contributed by atoms with Crippen molar-refractivity contribution in [2.24, 2.45) is 7.05 Å². The topological polar surface area (TPSA) is 100 Å². The first-order valence-electron chi connectivity index (χ1n) is 9.11. The van der Waals surface area contributed by atoms with E-state index in [2.05, 4.69) is 9.29 Å². The largest absolute Gasteiger partial charge is 0.344 e. The molecule has 30 heavy (non-hydrogen) atoms. The standard InChI is InChI=1S/C22H19N3O4S/c1-25-20-8-3-2-7-18(20)19-14-16(10-11-21(19)25)24-30(28,29)17-6-4-5-15(13-17)9-12-22(26)23-27/h2-14,24,27H,1H3,(H,23,26)/b12-9+. The third-order valence-electron chi connectivity index (χ3n) is 4.87. The van der Waals surface area contributed by atoms with Crippen LogP contribution in [0.5, 0.6) is 0 Å². The molecule has 1 amide bonds. The maximum atomic E-state index is 12.9. The van der Waals surface area contributed by atoms with E-state index in [0.29, 0.717) is 11.3 Å². The molecule has 4 rings (SSSR count). The molecule has 0 fully saturated rings. The molecule has 3 N–H and O–H groups in total. The average molecular weight is 421 g/mol. The van der Waals surface area contributed by atoms with Crippen LogP contribution in [0.15, 0.2) is 77.7 Å². The summed E-state index contributed by atoms with van der Waals surface area (Å²) in [5, 5.41) is 10.6. The Morgan fingerprint density at radius 1 is 0.967 bits per heavy atom. The number of nitrogens with one attached hydrogen (secondary N) is 2. The molecule has 0 saturated carbocycles. The number of carbonyl (C=O) groups excluding carboxylic acids is 1. The number of aromatic nitrogens is 1. The van der Waals surface area contributed by atoms with Crippen LogP contribution < -0.4 is 10.2 Å². The number of amides is 1. The van der Waals surface area contributed by atoms with Crippen LogP contribution in [0.25, 0.3) is 27.9 Å². The van der Waals surface area contributed by atoms with Gasteiger partial charge in [-0.05, 0) is 48.0 Å². The first-order valence-corrected chi connectivity index (χ1v) is 10.6. The van der Waals surface area contributed by atoms with Gasteiger partial charge >= 0.3 is 0 Å². The van der Waals surface area contributed by atoms with Gasteiger partial charge in [0.25, 0.3) is 15.9 Å². The van der Waals surface area contributed by atoms with E-state index in [1.54, 1.807) is 18.2 Å². The van der Waals surface area contributed by atoms with Crippen LogP contribution in [0.2, 0.25) is 0 Å². The normalized spacial score (nSPS) is 11.9. The maximum absolute atomic E-state index is 12.9. The van der Waals surface area contributed by atoms with Crippen LogP contribution in [0.1, 0.15) is 5.56 Å². The maximum Gasteiger partial charge on any atom is 0.267 e. The number of hydroxylamine groups is 1. The van der Waals surface area contributed by atoms with Crippen molar-refractivity contribution >= 4 is 49.5 Å². The zero-order chi connectivity index (χ0) is 21.3. The monoisotopic (exact) mass is 421 g/mol.